The van der Waals surface area contributed by atoms with Crippen LogP contribution in [0.3, 0.4) is 0 Å². The van der Waals surface area contributed by atoms with E-state index >= 15 is 0 Å². The molecule has 2 aromatic carbocycles. The van der Waals surface area contributed by atoms with Crippen LogP contribution in [0, 0.1) is 0 Å². The van der Waals surface area contributed by atoms with Crippen LogP contribution in [0.1, 0.15) is 44.4 Å². The lowest BCUT2D eigenvalue weighted by Crippen LogP contribution is -3.00. The van der Waals surface area contributed by atoms with Crippen LogP contribution in [0.2, 0.25) is 0 Å². The number of phenolic OH excluding ortho intramolecular Hbond substituents is 1. The van der Waals surface area contributed by atoms with Gasteiger partial charge in [-0.25, -0.2) is 0 Å². The minimum Gasteiger partial charge on any atom is -1.00 e. The zero-order chi connectivity index (χ0) is 24.2. The highest BCUT2D eigenvalue weighted by molar-refractivity contribution is 5.77. The first-order chi connectivity index (χ1) is 15.5. The van der Waals surface area contributed by atoms with Gasteiger partial charge in [0.15, 0.2) is 0 Å². The average molecular weight is 490 g/mol. The second kappa shape index (κ2) is 11.2. The lowest BCUT2D eigenvalue weighted by Gasteiger charge is -2.29. The number of phenols is 1. The van der Waals surface area contributed by atoms with Crippen LogP contribution in [0.5, 0.6) is 5.75 Å². The molecule has 0 saturated carbocycles. The van der Waals surface area contributed by atoms with Gasteiger partial charge < -0.3 is 32.4 Å². The smallest absolute Gasteiger partial charge is 0.222 e. The van der Waals surface area contributed by atoms with Crippen molar-refractivity contribution in [3.8, 4) is 5.75 Å². The van der Waals surface area contributed by atoms with Gasteiger partial charge in [0.1, 0.15) is 29.4 Å². The number of quaternary nitrogens is 1. The molecule has 0 aliphatic rings. The zero-order valence-corrected chi connectivity index (χ0v) is 21.4. The largest absolute Gasteiger partial charge is 1.00 e. The number of carbonyl (C=O) groups excluding carboxylic acids is 1. The van der Waals surface area contributed by atoms with E-state index < -0.39 is 6.04 Å². The normalized spacial score (nSPS) is 12.9. The summed E-state index contributed by atoms with van der Waals surface area (Å²) in [5, 5.41) is 31.9. The molecule has 3 rings (SSSR count). The molecule has 0 spiro atoms. The minimum atomic E-state index is -0.418. The molecule has 186 valence electrons. The van der Waals surface area contributed by atoms with Gasteiger partial charge in [0.25, 0.3) is 0 Å². The number of benzene rings is 2. The Balaban J connectivity index is 0.00000408. The summed E-state index contributed by atoms with van der Waals surface area (Å²) in [7, 11) is 4.05. The Kier molecular flexibility index (Phi) is 9.05. The molecule has 3 N–H and O–H groups in total. The highest BCUT2D eigenvalue weighted by Gasteiger charge is 2.25. The van der Waals surface area contributed by atoms with E-state index in [1.54, 1.807) is 10.9 Å². The molecule has 34 heavy (non-hydrogen) atoms. The van der Waals surface area contributed by atoms with Gasteiger partial charge in [-0.2, -0.15) is 15.0 Å². The van der Waals surface area contributed by atoms with E-state index in [1.807, 2.05) is 71.3 Å². The number of hydrogen-bond donors (Lipinski definition) is 3. The number of halogens is 1. The molecule has 8 nitrogen and oxygen atoms in total. The summed E-state index contributed by atoms with van der Waals surface area (Å²) < 4.78 is 0.624. The molecule has 0 aliphatic heterocycles. The fraction of sp³-hybridized carbons (Fsp3) is 0.480. The van der Waals surface area contributed by atoms with Crippen molar-refractivity contribution in [2.45, 2.75) is 38.6 Å². The van der Waals surface area contributed by atoms with Crippen LogP contribution < -0.4 is 17.7 Å². The SMILES string of the molecule is CC(C)(C)c1cc(C(CC(=O)NCC[N+](C)(C)CCO)n2nc3ccccc3n2)ccc1O.[Cl-]. The van der Waals surface area contributed by atoms with Gasteiger partial charge in [0.05, 0.1) is 40.2 Å². The van der Waals surface area contributed by atoms with Gasteiger partial charge in [-0.1, -0.05) is 39.0 Å². The predicted octanol–water partition coefficient (Wildman–Crippen LogP) is -0.397. The van der Waals surface area contributed by atoms with Crippen molar-refractivity contribution >= 4 is 16.9 Å². The quantitative estimate of drug-likeness (QED) is 0.355. The van der Waals surface area contributed by atoms with E-state index in [2.05, 4.69) is 15.5 Å². The Morgan fingerprint density at radius 3 is 2.26 bits per heavy atom. The standard InChI is InChI=1S/C25H35N5O3.ClH/c1-25(2,3)19-16-18(10-11-23(19)32)22(29-27-20-8-6-7-9-21(20)28-29)17-24(33)26-12-13-30(4,5)14-15-31;/h6-11,16,22,31H,12-15,17H2,1-5H3,(H-,26,32,33);1H. The molecule has 0 aliphatic carbocycles. The number of aliphatic hydroxyl groups excluding tert-OH is 1. The summed E-state index contributed by atoms with van der Waals surface area (Å²) in [6, 6.07) is 12.7. The van der Waals surface area contributed by atoms with Gasteiger partial charge in [-0.15, -0.1) is 0 Å². The number of likely N-dealkylation sites (N-methyl/N-ethyl adjacent to an activating group) is 1. The second-order valence-electron chi connectivity index (χ2n) is 10.2. The first kappa shape index (κ1) is 27.6. The zero-order valence-electron chi connectivity index (χ0n) is 20.6. The van der Waals surface area contributed by atoms with Crippen LogP contribution in [0.4, 0.5) is 0 Å². The van der Waals surface area contributed by atoms with E-state index in [1.165, 1.54) is 0 Å². The third kappa shape index (κ3) is 6.91. The fourth-order valence-corrected chi connectivity index (χ4v) is 3.84. The number of hydrogen-bond acceptors (Lipinski definition) is 5. The Hall–Kier alpha value is -2.68. The number of aliphatic hydroxyl groups is 1. The third-order valence-corrected chi connectivity index (χ3v) is 5.92. The summed E-state index contributed by atoms with van der Waals surface area (Å²) >= 11 is 0. The Labute approximate surface area is 207 Å². The van der Waals surface area contributed by atoms with Crippen LogP contribution in [0.25, 0.3) is 11.0 Å². The molecule has 9 heteroatoms. The van der Waals surface area contributed by atoms with E-state index in [0.717, 1.165) is 22.2 Å². The molecular formula is C25H36ClN5O3. The highest BCUT2D eigenvalue weighted by Crippen LogP contribution is 2.34. The summed E-state index contributed by atoms with van der Waals surface area (Å²) in [5.74, 6) is 0.132. The van der Waals surface area contributed by atoms with Gasteiger partial charge >= 0.3 is 0 Å². The molecule has 3 aromatic rings. The summed E-state index contributed by atoms with van der Waals surface area (Å²) in [6.45, 7) is 8.09. The van der Waals surface area contributed by atoms with E-state index in [4.69, 9.17) is 0 Å². The average Bonchev–Trinajstić information content (AvgIpc) is 3.15. The molecule has 1 heterocycles. The predicted molar refractivity (Wildman–Crippen MR) is 129 cm³/mol. The summed E-state index contributed by atoms with van der Waals surface area (Å²) in [6.07, 6.45) is 0.169. The van der Waals surface area contributed by atoms with Crippen molar-refractivity contribution in [1.82, 2.24) is 20.3 Å². The number of carbonyl (C=O) groups is 1. The van der Waals surface area contributed by atoms with Crippen LogP contribution >= 0.6 is 0 Å². The maximum atomic E-state index is 12.9. The first-order valence-corrected chi connectivity index (χ1v) is 11.3. The number of fused-ring (bicyclic) bond motifs is 1. The van der Waals surface area contributed by atoms with Crippen molar-refractivity contribution in [1.29, 1.82) is 0 Å². The van der Waals surface area contributed by atoms with E-state index in [0.29, 0.717) is 24.1 Å². The number of nitrogens with one attached hydrogen (secondary N) is 1. The van der Waals surface area contributed by atoms with Gasteiger partial charge in [-0.05, 0) is 40.8 Å². The lowest BCUT2D eigenvalue weighted by atomic mass is 9.84. The number of amides is 1. The van der Waals surface area contributed by atoms with E-state index in [-0.39, 0.29) is 42.5 Å². The van der Waals surface area contributed by atoms with Crippen molar-refractivity contribution in [3.05, 3.63) is 53.6 Å². The molecule has 1 unspecified atom stereocenters. The number of aromatic hydroxyl groups is 1. The highest BCUT2D eigenvalue weighted by atomic mass is 35.5. The Morgan fingerprint density at radius 2 is 1.71 bits per heavy atom. The van der Waals surface area contributed by atoms with Gasteiger partial charge in [0.2, 0.25) is 5.91 Å². The molecule has 0 radical (unpaired) electrons. The molecule has 0 fully saturated rings. The summed E-state index contributed by atoms with van der Waals surface area (Å²) in [5.41, 5.74) is 2.95. The molecule has 1 aromatic heterocycles. The Morgan fingerprint density at radius 1 is 1.09 bits per heavy atom. The van der Waals surface area contributed by atoms with Crippen molar-refractivity contribution in [3.63, 3.8) is 0 Å². The second-order valence-corrected chi connectivity index (χ2v) is 10.2. The monoisotopic (exact) mass is 489 g/mol. The maximum absolute atomic E-state index is 12.9. The molecular weight excluding hydrogens is 454 g/mol. The van der Waals surface area contributed by atoms with Crippen LogP contribution in [0.15, 0.2) is 42.5 Å². The van der Waals surface area contributed by atoms with Crippen molar-refractivity contribution in [2.75, 3.05) is 40.3 Å². The van der Waals surface area contributed by atoms with Crippen molar-refractivity contribution in [2.24, 2.45) is 0 Å². The maximum Gasteiger partial charge on any atom is 0.222 e. The molecule has 1 atom stereocenters. The number of nitrogens with zero attached hydrogens (tertiary/aromatic N) is 4. The van der Waals surface area contributed by atoms with Gasteiger partial charge in [-0.3, -0.25) is 4.79 Å². The number of rotatable bonds is 9. The number of aromatic nitrogens is 3. The van der Waals surface area contributed by atoms with Gasteiger partial charge in [0, 0.05) is 0 Å². The molecule has 0 bridgehead atoms. The van der Waals surface area contributed by atoms with E-state index in [9.17, 15) is 15.0 Å². The van der Waals surface area contributed by atoms with Crippen molar-refractivity contribution < 1.29 is 31.9 Å². The first-order valence-electron chi connectivity index (χ1n) is 11.3. The molecule has 0 saturated heterocycles. The summed E-state index contributed by atoms with van der Waals surface area (Å²) in [4.78, 5) is 14.5. The van der Waals surface area contributed by atoms with Crippen LogP contribution in [-0.2, 0) is 10.2 Å². The molecule has 1 amide bonds. The minimum absolute atomic E-state index is 0. The van der Waals surface area contributed by atoms with Crippen LogP contribution in [-0.4, -0.2) is 75.9 Å². The Bertz CT molecular complexity index is 1070. The topological polar surface area (TPSA) is 100 Å². The fourth-order valence-electron chi connectivity index (χ4n) is 3.84. The lowest BCUT2D eigenvalue weighted by molar-refractivity contribution is -0.889. The third-order valence-electron chi connectivity index (χ3n) is 5.92.